The van der Waals surface area contributed by atoms with Crippen molar-refractivity contribution in [3.8, 4) is 45.0 Å². The van der Waals surface area contributed by atoms with Crippen molar-refractivity contribution in [1.82, 2.24) is 19.9 Å². The molecule has 0 aliphatic rings. The minimum Gasteiger partial charge on any atom is -0.573 e. The van der Waals surface area contributed by atoms with Crippen LogP contribution in [-0.2, 0) is 42.1 Å². The first kappa shape index (κ1) is 34.1. The van der Waals surface area contributed by atoms with E-state index in [2.05, 4.69) is 44.2 Å². The summed E-state index contributed by atoms with van der Waals surface area (Å²) in [6.07, 6.45) is 10.1. The van der Waals surface area contributed by atoms with Gasteiger partial charge in [-0.2, -0.15) is 0 Å². The SMILES string of the molecule is [Pt+2].[Pt+2].[c-]1c(-c2ccccn2)cccc1-c1ccccn1.[c-]1c(-c2ccccn2)cccc1-c1ccccn1.[c-]1coc2oc[c-]c12. The Morgan fingerprint density at radius 3 is 0.978 bits per heavy atom. The van der Waals surface area contributed by atoms with E-state index in [1.54, 1.807) is 24.8 Å². The summed E-state index contributed by atoms with van der Waals surface area (Å²) in [5, 5.41) is 0.769. The molecule has 8 heteroatoms. The second-order valence-corrected chi connectivity index (χ2v) is 9.24. The second kappa shape index (κ2) is 17.7. The molecule has 0 N–H and O–H groups in total. The normalized spacial score (nSPS) is 9.83. The van der Waals surface area contributed by atoms with Crippen LogP contribution in [0.2, 0.25) is 0 Å². The largest absolute Gasteiger partial charge is 2.00 e. The fourth-order valence-corrected chi connectivity index (χ4v) is 4.21. The Bertz CT molecular complexity index is 1740. The van der Waals surface area contributed by atoms with Crippen molar-refractivity contribution in [1.29, 1.82) is 0 Å². The van der Waals surface area contributed by atoms with Crippen LogP contribution in [-0.4, -0.2) is 19.9 Å². The first-order valence-electron chi connectivity index (χ1n) is 13.8. The molecule has 0 saturated carbocycles. The first-order valence-corrected chi connectivity index (χ1v) is 13.8. The number of benzene rings is 2. The Morgan fingerprint density at radius 1 is 0.391 bits per heavy atom. The monoisotopic (exact) mass is 958 g/mol. The van der Waals surface area contributed by atoms with Crippen LogP contribution in [0, 0.1) is 24.3 Å². The van der Waals surface area contributed by atoms with Crippen LogP contribution in [0.15, 0.2) is 155 Å². The molecule has 228 valence electrons. The maximum absolute atomic E-state index is 4.80. The standard InChI is InChI=1S/2C16H11N2.C6H2O2.2Pt/c2*1-3-10-17-15(8-1)13-6-5-7-14(12-13)16-9-2-4-11-18-16;1-3-7-6-5(1)2-4-8-6;;/h2*1-11H;3-4H;;/q2*-1;-2;2*+2. The van der Waals surface area contributed by atoms with Crippen LogP contribution >= 0.6 is 0 Å². The van der Waals surface area contributed by atoms with E-state index in [-0.39, 0.29) is 42.1 Å². The Kier molecular flexibility index (Phi) is 13.1. The molecular formula is C38H24N4O2Pt2. The van der Waals surface area contributed by atoms with Crippen molar-refractivity contribution in [2.75, 3.05) is 0 Å². The summed E-state index contributed by atoms with van der Waals surface area (Å²) in [5.41, 5.74) is 7.64. The van der Waals surface area contributed by atoms with Crippen molar-refractivity contribution in [2.24, 2.45) is 0 Å². The van der Waals surface area contributed by atoms with Gasteiger partial charge in [-0.1, -0.05) is 83.3 Å². The van der Waals surface area contributed by atoms with Gasteiger partial charge >= 0.3 is 42.1 Å². The number of aromatic nitrogens is 4. The molecule has 6 aromatic heterocycles. The van der Waals surface area contributed by atoms with Crippen molar-refractivity contribution >= 4 is 11.2 Å². The average Bonchev–Trinajstić information content (AvgIpc) is 3.77. The Hall–Kier alpha value is -4.76. The predicted octanol–water partition coefficient (Wildman–Crippen LogP) is 8.84. The first-order chi connectivity index (χ1) is 21.8. The number of hydrogen-bond acceptors (Lipinski definition) is 6. The second-order valence-electron chi connectivity index (χ2n) is 9.24. The fourth-order valence-electron chi connectivity index (χ4n) is 4.21. The zero-order chi connectivity index (χ0) is 29.8. The van der Waals surface area contributed by atoms with Crippen molar-refractivity contribution in [2.45, 2.75) is 0 Å². The quantitative estimate of drug-likeness (QED) is 0.164. The molecule has 8 rings (SSSR count). The van der Waals surface area contributed by atoms with Crippen molar-refractivity contribution in [3.05, 3.63) is 171 Å². The van der Waals surface area contributed by atoms with Crippen molar-refractivity contribution < 1.29 is 51.0 Å². The van der Waals surface area contributed by atoms with Gasteiger partial charge in [0.25, 0.3) is 0 Å². The summed E-state index contributed by atoms with van der Waals surface area (Å²) >= 11 is 0. The molecule has 0 fully saturated rings. The molecule has 0 atom stereocenters. The molecular weight excluding hydrogens is 935 g/mol. The third-order valence-corrected chi connectivity index (χ3v) is 6.30. The zero-order valence-electron chi connectivity index (χ0n) is 24.1. The van der Waals surface area contributed by atoms with Gasteiger partial charge in [-0.3, -0.25) is 19.9 Å². The average molecular weight is 959 g/mol. The summed E-state index contributed by atoms with van der Waals surface area (Å²) in [7, 11) is 0. The van der Waals surface area contributed by atoms with E-state index in [1.807, 2.05) is 109 Å². The molecule has 8 aromatic rings. The maximum Gasteiger partial charge on any atom is 2.00 e. The van der Waals surface area contributed by atoms with Gasteiger partial charge in [0.2, 0.25) is 0 Å². The Morgan fingerprint density at radius 2 is 0.717 bits per heavy atom. The number of pyridine rings is 4. The Balaban J connectivity index is 0.000000163. The maximum atomic E-state index is 4.80. The summed E-state index contributed by atoms with van der Waals surface area (Å²) in [4.78, 5) is 17.3. The smallest absolute Gasteiger partial charge is 0.573 e. The molecule has 0 spiro atoms. The molecule has 6 heterocycles. The minimum atomic E-state index is 0. The number of rotatable bonds is 4. The van der Waals surface area contributed by atoms with E-state index >= 15 is 0 Å². The van der Waals surface area contributed by atoms with Crippen LogP contribution in [0.25, 0.3) is 56.2 Å². The van der Waals surface area contributed by atoms with E-state index in [1.165, 1.54) is 12.5 Å². The van der Waals surface area contributed by atoms with Gasteiger partial charge < -0.3 is 26.4 Å². The van der Waals surface area contributed by atoms with E-state index in [9.17, 15) is 0 Å². The molecule has 0 aliphatic heterocycles. The molecule has 2 aromatic carbocycles. The molecule has 0 amide bonds. The summed E-state index contributed by atoms with van der Waals surface area (Å²) in [5.74, 6) is 0.491. The van der Waals surface area contributed by atoms with E-state index in [0.717, 1.165) is 50.4 Å². The van der Waals surface area contributed by atoms with Gasteiger partial charge in [0.05, 0.1) is 0 Å². The molecule has 0 aliphatic carbocycles. The van der Waals surface area contributed by atoms with Crippen molar-refractivity contribution in [3.63, 3.8) is 0 Å². The number of nitrogens with zero attached hydrogens (tertiary/aromatic N) is 4. The molecule has 0 saturated heterocycles. The summed E-state index contributed by atoms with van der Waals surface area (Å²) < 4.78 is 9.61. The van der Waals surface area contributed by atoms with Gasteiger partial charge in [-0.25, -0.2) is 0 Å². The van der Waals surface area contributed by atoms with Gasteiger partial charge in [-0.05, 0) is 24.3 Å². The van der Waals surface area contributed by atoms with Crippen LogP contribution < -0.4 is 0 Å². The molecule has 0 bridgehead atoms. The summed E-state index contributed by atoms with van der Waals surface area (Å²) in [6.45, 7) is 0. The fraction of sp³-hybridized carbons (Fsp3) is 0. The topological polar surface area (TPSA) is 77.8 Å². The Labute approximate surface area is 296 Å². The molecule has 0 radical (unpaired) electrons. The third-order valence-electron chi connectivity index (χ3n) is 6.30. The molecule has 46 heavy (non-hydrogen) atoms. The number of furan rings is 2. The van der Waals surface area contributed by atoms with Gasteiger partial charge in [0, 0.05) is 53.3 Å². The van der Waals surface area contributed by atoms with Crippen LogP contribution in [0.1, 0.15) is 0 Å². The summed E-state index contributed by atoms with van der Waals surface area (Å²) in [6, 6.07) is 47.8. The third kappa shape index (κ3) is 9.14. The van der Waals surface area contributed by atoms with Crippen LogP contribution in [0.5, 0.6) is 0 Å². The van der Waals surface area contributed by atoms with Crippen LogP contribution in [0.3, 0.4) is 0 Å². The van der Waals surface area contributed by atoms with E-state index in [0.29, 0.717) is 5.78 Å². The number of fused-ring (bicyclic) bond motifs is 1. The van der Waals surface area contributed by atoms with Crippen LogP contribution in [0.4, 0.5) is 0 Å². The van der Waals surface area contributed by atoms with Gasteiger partial charge in [-0.15, -0.1) is 48.5 Å². The predicted molar refractivity (Wildman–Crippen MR) is 170 cm³/mol. The zero-order valence-corrected chi connectivity index (χ0v) is 28.6. The van der Waals surface area contributed by atoms with Gasteiger partial charge in [0.15, 0.2) is 0 Å². The molecule has 6 nitrogen and oxygen atoms in total. The van der Waals surface area contributed by atoms with E-state index in [4.69, 9.17) is 8.83 Å². The van der Waals surface area contributed by atoms with E-state index < -0.39 is 0 Å². The minimum absolute atomic E-state index is 0. The van der Waals surface area contributed by atoms with Gasteiger partial charge in [0.1, 0.15) is 0 Å². The number of hydrogen-bond donors (Lipinski definition) is 0. The molecule has 0 unspecified atom stereocenters.